The van der Waals surface area contributed by atoms with Gasteiger partial charge in [-0.1, -0.05) is 0 Å². The normalized spacial score (nSPS) is 12.7. The van der Waals surface area contributed by atoms with Crippen LogP contribution in [0.25, 0.3) is 17.1 Å². The number of methoxy groups -OCH3 is 1. The Morgan fingerprint density at radius 3 is 2.81 bits per heavy atom. The van der Waals surface area contributed by atoms with E-state index in [2.05, 4.69) is 15.2 Å². The second kappa shape index (κ2) is 7.71. The molecule has 0 aliphatic carbocycles. The average molecular weight is 422 g/mol. The van der Waals surface area contributed by atoms with Crippen LogP contribution >= 0.6 is 0 Å². The lowest BCUT2D eigenvalue weighted by Crippen LogP contribution is -2.16. The molecule has 2 aromatic carbocycles. The number of rotatable bonds is 5. The lowest BCUT2D eigenvalue weighted by Gasteiger charge is -2.21. The highest BCUT2D eigenvalue weighted by Crippen LogP contribution is 2.43. The van der Waals surface area contributed by atoms with Gasteiger partial charge in [-0.25, -0.2) is 23.7 Å². The molecule has 0 saturated carbocycles. The van der Waals surface area contributed by atoms with E-state index in [1.165, 1.54) is 18.5 Å². The van der Waals surface area contributed by atoms with E-state index in [-0.39, 0.29) is 5.82 Å². The summed E-state index contributed by atoms with van der Waals surface area (Å²) < 4.78 is 34.0. The van der Waals surface area contributed by atoms with Crippen molar-refractivity contribution >= 4 is 0 Å². The van der Waals surface area contributed by atoms with Gasteiger partial charge >= 0.3 is 0 Å². The smallest absolute Gasteiger partial charge is 0.203 e. The molecule has 10 heteroatoms. The van der Waals surface area contributed by atoms with Crippen LogP contribution in [0.15, 0.2) is 43.0 Å². The number of halogens is 1. The molecule has 2 aromatic heterocycles. The summed E-state index contributed by atoms with van der Waals surface area (Å²) in [5.74, 6) is 2.44. The van der Waals surface area contributed by atoms with Crippen LogP contribution in [0.4, 0.5) is 4.39 Å². The zero-order valence-corrected chi connectivity index (χ0v) is 16.9. The molecular weight excluding hydrogens is 403 g/mol. The molecule has 4 aromatic rings. The van der Waals surface area contributed by atoms with E-state index in [1.54, 1.807) is 28.9 Å². The minimum absolute atomic E-state index is 0.313. The van der Waals surface area contributed by atoms with Gasteiger partial charge < -0.3 is 14.2 Å². The third-order valence-corrected chi connectivity index (χ3v) is 4.89. The highest BCUT2D eigenvalue weighted by atomic mass is 19.1. The average Bonchev–Trinajstić information content (AvgIpc) is 3.43. The Hall–Kier alpha value is -3.95. The van der Waals surface area contributed by atoms with Crippen molar-refractivity contribution < 1.29 is 18.6 Å². The number of hydrogen-bond donors (Lipinski definition) is 0. The summed E-state index contributed by atoms with van der Waals surface area (Å²) in [6.07, 6.45) is 3.05. The van der Waals surface area contributed by atoms with E-state index in [4.69, 9.17) is 19.2 Å². The maximum Gasteiger partial charge on any atom is 0.203 e. The SMILES string of the molecule is COc1cc(-c2nc(Cn3cncn3)nn2-c2ccc(F)cc2C)cc2c1OCCO2. The van der Waals surface area contributed by atoms with Gasteiger partial charge in [-0.3, -0.25) is 0 Å². The van der Waals surface area contributed by atoms with Crippen molar-refractivity contribution in [2.24, 2.45) is 0 Å². The molecule has 1 aliphatic heterocycles. The van der Waals surface area contributed by atoms with Gasteiger partial charge in [0.1, 0.15) is 38.2 Å². The molecule has 0 spiro atoms. The fraction of sp³-hybridized carbons (Fsp3) is 0.238. The van der Waals surface area contributed by atoms with Crippen LogP contribution in [0.2, 0.25) is 0 Å². The van der Waals surface area contributed by atoms with Crippen molar-refractivity contribution in [2.45, 2.75) is 13.5 Å². The van der Waals surface area contributed by atoms with Crippen LogP contribution in [0, 0.1) is 12.7 Å². The quantitative estimate of drug-likeness (QED) is 0.489. The van der Waals surface area contributed by atoms with E-state index in [1.807, 2.05) is 19.1 Å². The van der Waals surface area contributed by atoms with Crippen molar-refractivity contribution in [1.82, 2.24) is 29.5 Å². The largest absolute Gasteiger partial charge is 0.493 e. The zero-order valence-electron chi connectivity index (χ0n) is 16.9. The van der Waals surface area contributed by atoms with E-state index in [9.17, 15) is 4.39 Å². The molecule has 0 N–H and O–H groups in total. The number of aromatic nitrogens is 6. The zero-order chi connectivity index (χ0) is 21.4. The van der Waals surface area contributed by atoms with E-state index in [0.29, 0.717) is 54.3 Å². The third-order valence-electron chi connectivity index (χ3n) is 4.89. The van der Waals surface area contributed by atoms with Gasteiger partial charge in [0, 0.05) is 5.56 Å². The Bertz CT molecular complexity index is 1220. The summed E-state index contributed by atoms with van der Waals surface area (Å²) in [5, 5.41) is 8.79. The van der Waals surface area contributed by atoms with Gasteiger partial charge in [0.25, 0.3) is 0 Å². The number of benzene rings is 2. The predicted molar refractivity (Wildman–Crippen MR) is 108 cm³/mol. The van der Waals surface area contributed by atoms with E-state index in [0.717, 1.165) is 11.1 Å². The van der Waals surface area contributed by atoms with Crippen LogP contribution in [0.3, 0.4) is 0 Å². The lowest BCUT2D eigenvalue weighted by atomic mass is 10.1. The standard InChI is InChI=1S/C21H19FN6O3/c1-13-7-15(22)3-4-16(13)28-21(25-19(26-28)10-27-12-23-11-24-27)14-8-17(29-2)20-18(9-14)30-5-6-31-20/h3-4,7-9,11-12H,5-6,10H2,1-2H3. The summed E-state index contributed by atoms with van der Waals surface area (Å²) >= 11 is 0. The maximum absolute atomic E-state index is 13.7. The molecule has 9 nitrogen and oxygen atoms in total. The van der Waals surface area contributed by atoms with Gasteiger partial charge in [0.05, 0.1) is 12.8 Å². The van der Waals surface area contributed by atoms with Crippen LogP contribution in [-0.4, -0.2) is 49.9 Å². The number of ether oxygens (including phenoxy) is 3. The minimum atomic E-state index is -0.313. The number of fused-ring (bicyclic) bond motifs is 1. The Morgan fingerprint density at radius 2 is 2.03 bits per heavy atom. The van der Waals surface area contributed by atoms with Crippen molar-refractivity contribution in [2.75, 3.05) is 20.3 Å². The predicted octanol–water partition coefficient (Wildman–Crippen LogP) is 2.80. The van der Waals surface area contributed by atoms with Crippen LogP contribution in [0.5, 0.6) is 17.2 Å². The Morgan fingerprint density at radius 1 is 1.16 bits per heavy atom. The Labute approximate surface area is 177 Å². The minimum Gasteiger partial charge on any atom is -0.493 e. The van der Waals surface area contributed by atoms with Crippen molar-refractivity contribution in [1.29, 1.82) is 0 Å². The highest BCUT2D eigenvalue weighted by molar-refractivity contribution is 5.68. The van der Waals surface area contributed by atoms with E-state index >= 15 is 0 Å². The van der Waals surface area contributed by atoms with Crippen LogP contribution in [-0.2, 0) is 6.54 Å². The number of aryl methyl sites for hydroxylation is 1. The molecule has 0 amide bonds. The summed E-state index contributed by atoms with van der Waals surface area (Å²) in [4.78, 5) is 8.70. The monoisotopic (exact) mass is 422 g/mol. The van der Waals surface area contributed by atoms with Crippen molar-refractivity contribution in [3.8, 4) is 34.3 Å². The van der Waals surface area contributed by atoms with Gasteiger partial charge in [-0.2, -0.15) is 5.10 Å². The summed E-state index contributed by atoms with van der Waals surface area (Å²) in [6.45, 7) is 3.06. The molecule has 0 bridgehead atoms. The first kappa shape index (κ1) is 19.0. The number of hydrogen-bond acceptors (Lipinski definition) is 7. The van der Waals surface area contributed by atoms with Gasteiger partial charge in [-0.05, 0) is 42.8 Å². The van der Waals surface area contributed by atoms with E-state index < -0.39 is 0 Å². The molecule has 0 unspecified atom stereocenters. The van der Waals surface area contributed by atoms with Gasteiger partial charge in [0.15, 0.2) is 23.1 Å². The topological polar surface area (TPSA) is 89.1 Å². The van der Waals surface area contributed by atoms with Gasteiger partial charge in [0.2, 0.25) is 5.75 Å². The molecule has 3 heterocycles. The summed E-state index contributed by atoms with van der Waals surface area (Å²) in [7, 11) is 1.57. The van der Waals surface area contributed by atoms with Crippen molar-refractivity contribution in [3.05, 3.63) is 60.2 Å². The molecule has 5 rings (SSSR count). The Balaban J connectivity index is 1.67. The van der Waals surface area contributed by atoms with Crippen LogP contribution < -0.4 is 14.2 Å². The summed E-state index contributed by atoms with van der Waals surface area (Å²) in [5.41, 5.74) is 2.16. The molecular formula is C21H19FN6O3. The fourth-order valence-corrected chi connectivity index (χ4v) is 3.49. The molecule has 1 aliphatic rings. The second-order valence-corrected chi connectivity index (χ2v) is 6.99. The Kier molecular flexibility index (Phi) is 4.73. The number of nitrogens with zero attached hydrogens (tertiary/aromatic N) is 6. The molecule has 0 radical (unpaired) electrons. The summed E-state index contributed by atoms with van der Waals surface area (Å²) in [6, 6.07) is 8.21. The highest BCUT2D eigenvalue weighted by Gasteiger charge is 2.23. The first-order chi connectivity index (χ1) is 15.1. The third kappa shape index (κ3) is 3.56. The second-order valence-electron chi connectivity index (χ2n) is 6.99. The van der Waals surface area contributed by atoms with Crippen molar-refractivity contribution in [3.63, 3.8) is 0 Å². The first-order valence-electron chi connectivity index (χ1n) is 9.65. The molecule has 0 saturated heterocycles. The first-order valence-corrected chi connectivity index (χ1v) is 9.65. The molecule has 31 heavy (non-hydrogen) atoms. The molecule has 0 atom stereocenters. The molecule has 0 fully saturated rings. The maximum atomic E-state index is 13.7. The van der Waals surface area contributed by atoms with Gasteiger partial charge in [-0.15, -0.1) is 5.10 Å². The lowest BCUT2D eigenvalue weighted by molar-refractivity contribution is 0.165. The fourth-order valence-electron chi connectivity index (χ4n) is 3.49. The van der Waals surface area contributed by atoms with Crippen LogP contribution in [0.1, 0.15) is 11.4 Å². The molecule has 158 valence electrons.